The first-order valence-electron chi connectivity index (χ1n) is 11.0. The van der Waals surface area contributed by atoms with Crippen molar-refractivity contribution in [1.82, 2.24) is 25.7 Å². The van der Waals surface area contributed by atoms with Crippen molar-refractivity contribution in [1.29, 1.82) is 0 Å². The van der Waals surface area contributed by atoms with Gasteiger partial charge in [0, 0.05) is 43.8 Å². The highest BCUT2D eigenvalue weighted by atomic mass is 16.2. The lowest BCUT2D eigenvalue weighted by Gasteiger charge is -2.31. The molecule has 0 aromatic carbocycles. The number of hydrogen-bond acceptors (Lipinski definition) is 4. The van der Waals surface area contributed by atoms with Gasteiger partial charge in [0.2, 0.25) is 5.91 Å². The van der Waals surface area contributed by atoms with Crippen LogP contribution in [0.25, 0.3) is 0 Å². The first-order valence-corrected chi connectivity index (χ1v) is 11.0. The molecule has 7 heteroatoms. The molecule has 0 radical (unpaired) electrons. The summed E-state index contributed by atoms with van der Waals surface area (Å²) in [4.78, 5) is 27.3. The van der Waals surface area contributed by atoms with Gasteiger partial charge in [0.25, 0.3) is 5.91 Å². The summed E-state index contributed by atoms with van der Waals surface area (Å²) in [7, 11) is 0. The van der Waals surface area contributed by atoms with E-state index in [1.165, 1.54) is 32.1 Å². The minimum absolute atomic E-state index is 0.109. The van der Waals surface area contributed by atoms with E-state index in [0.717, 1.165) is 38.1 Å². The van der Waals surface area contributed by atoms with Gasteiger partial charge in [-0.05, 0) is 50.5 Å². The Morgan fingerprint density at radius 1 is 1.07 bits per heavy atom. The Labute approximate surface area is 167 Å². The fourth-order valence-corrected chi connectivity index (χ4v) is 4.79. The number of H-pyrrole nitrogens is 1. The second kappa shape index (κ2) is 9.07. The van der Waals surface area contributed by atoms with Gasteiger partial charge in [-0.3, -0.25) is 19.6 Å². The van der Waals surface area contributed by atoms with Crippen LogP contribution in [0.1, 0.15) is 74.7 Å². The zero-order chi connectivity index (χ0) is 19.3. The lowest BCUT2D eigenvalue weighted by Crippen LogP contribution is -2.46. The molecule has 7 nitrogen and oxygen atoms in total. The molecular weight excluding hydrogens is 354 g/mol. The predicted octanol–water partition coefficient (Wildman–Crippen LogP) is 2.22. The average molecular weight is 388 g/mol. The zero-order valence-electron chi connectivity index (χ0n) is 16.7. The van der Waals surface area contributed by atoms with E-state index in [1.54, 1.807) is 12.3 Å². The Balaban J connectivity index is 1.29. The molecule has 0 bridgehead atoms. The van der Waals surface area contributed by atoms with Crippen molar-refractivity contribution in [3.05, 3.63) is 18.0 Å². The molecule has 28 heavy (non-hydrogen) atoms. The van der Waals surface area contributed by atoms with Gasteiger partial charge in [-0.2, -0.15) is 5.10 Å². The highest BCUT2D eigenvalue weighted by Gasteiger charge is 2.38. The van der Waals surface area contributed by atoms with Gasteiger partial charge in [-0.15, -0.1) is 0 Å². The fourth-order valence-electron chi connectivity index (χ4n) is 4.79. The smallest absolute Gasteiger partial charge is 0.269 e. The number of nitrogens with zero attached hydrogens (tertiary/aromatic N) is 2. The molecule has 1 aliphatic heterocycles. The number of aromatic amines is 1. The summed E-state index contributed by atoms with van der Waals surface area (Å²) in [6.45, 7) is 1.69. The van der Waals surface area contributed by atoms with Crippen LogP contribution in [0.5, 0.6) is 0 Å². The van der Waals surface area contributed by atoms with E-state index in [1.807, 2.05) is 0 Å². The van der Waals surface area contributed by atoms with Crippen molar-refractivity contribution in [2.75, 3.05) is 13.1 Å². The third-order valence-electron chi connectivity index (χ3n) is 6.57. The number of nitrogens with one attached hydrogen (secondary N) is 3. The summed E-state index contributed by atoms with van der Waals surface area (Å²) in [5, 5.41) is 12.9. The second-order valence-electron chi connectivity index (χ2n) is 8.81. The quantitative estimate of drug-likeness (QED) is 0.638. The van der Waals surface area contributed by atoms with E-state index in [4.69, 9.17) is 0 Å². The normalized spacial score (nSPS) is 26.3. The Hall–Kier alpha value is -1.89. The molecule has 2 aliphatic carbocycles. The summed E-state index contributed by atoms with van der Waals surface area (Å²) in [6, 6.07) is 2.69. The number of carbonyl (C=O) groups is 2. The molecule has 4 rings (SSSR count). The second-order valence-corrected chi connectivity index (χ2v) is 8.81. The van der Waals surface area contributed by atoms with Crippen molar-refractivity contribution >= 4 is 11.8 Å². The van der Waals surface area contributed by atoms with Crippen LogP contribution in [0.15, 0.2) is 12.3 Å². The van der Waals surface area contributed by atoms with Crippen LogP contribution < -0.4 is 10.6 Å². The largest absolute Gasteiger partial charge is 0.353 e. The van der Waals surface area contributed by atoms with Gasteiger partial charge in [0.1, 0.15) is 5.69 Å². The van der Waals surface area contributed by atoms with Gasteiger partial charge >= 0.3 is 0 Å². The van der Waals surface area contributed by atoms with Crippen LogP contribution in [0.2, 0.25) is 0 Å². The molecule has 2 atom stereocenters. The van der Waals surface area contributed by atoms with Crippen LogP contribution in [0.3, 0.4) is 0 Å². The lowest BCUT2D eigenvalue weighted by atomic mass is 9.95. The maximum Gasteiger partial charge on any atom is 0.269 e. The highest BCUT2D eigenvalue weighted by Crippen LogP contribution is 2.35. The van der Waals surface area contributed by atoms with E-state index < -0.39 is 0 Å². The van der Waals surface area contributed by atoms with Crippen molar-refractivity contribution in [2.45, 2.75) is 82.3 Å². The molecule has 2 amide bonds. The number of likely N-dealkylation sites (tertiary alicyclic amines) is 1. The standard InChI is InChI=1S/C21H33N5O2/c27-20(24-16-4-2-1-3-5-16)12-17-8-9-18(26(17)14-15-6-7-15)13-22-21(28)19-10-11-23-25-19/h10-11,15-18H,1-9,12-14H2,(H,22,28)(H,23,25)(H,24,27)/t17-,18+/m1/s1. The summed E-state index contributed by atoms with van der Waals surface area (Å²) < 4.78 is 0. The third-order valence-corrected chi connectivity index (χ3v) is 6.57. The first kappa shape index (κ1) is 19.4. The average Bonchev–Trinajstić information content (AvgIpc) is 3.20. The summed E-state index contributed by atoms with van der Waals surface area (Å²) in [5.74, 6) is 0.870. The van der Waals surface area contributed by atoms with Crippen LogP contribution in [0.4, 0.5) is 0 Å². The molecular formula is C21H33N5O2. The van der Waals surface area contributed by atoms with Crippen LogP contribution >= 0.6 is 0 Å². The summed E-state index contributed by atoms with van der Waals surface area (Å²) in [5.41, 5.74) is 0.496. The van der Waals surface area contributed by atoms with Gasteiger partial charge in [-0.25, -0.2) is 0 Å². The Morgan fingerprint density at radius 2 is 1.86 bits per heavy atom. The zero-order valence-corrected chi connectivity index (χ0v) is 16.7. The van der Waals surface area contributed by atoms with Gasteiger partial charge < -0.3 is 10.6 Å². The Morgan fingerprint density at radius 3 is 2.57 bits per heavy atom. The van der Waals surface area contributed by atoms with Crippen molar-refractivity contribution in [2.24, 2.45) is 5.92 Å². The molecule has 2 heterocycles. The molecule has 0 spiro atoms. The number of amides is 2. The molecule has 1 aromatic heterocycles. The van der Waals surface area contributed by atoms with Crippen LogP contribution in [-0.4, -0.2) is 58.1 Å². The van der Waals surface area contributed by atoms with Crippen molar-refractivity contribution in [3.63, 3.8) is 0 Å². The highest BCUT2D eigenvalue weighted by molar-refractivity contribution is 5.92. The number of rotatable bonds is 8. The molecule has 3 aliphatic rings. The molecule has 1 aromatic rings. The molecule has 154 valence electrons. The first-order chi connectivity index (χ1) is 13.7. The molecule has 0 unspecified atom stereocenters. The summed E-state index contributed by atoms with van der Waals surface area (Å²) in [6.07, 6.45) is 12.9. The van der Waals surface area contributed by atoms with E-state index in [0.29, 0.717) is 36.8 Å². The maximum atomic E-state index is 12.6. The van der Waals surface area contributed by atoms with Gasteiger partial charge in [0.05, 0.1) is 0 Å². The Kier molecular flexibility index (Phi) is 6.29. The van der Waals surface area contributed by atoms with E-state index in [-0.39, 0.29) is 11.8 Å². The molecule has 2 saturated carbocycles. The monoisotopic (exact) mass is 387 g/mol. The van der Waals surface area contributed by atoms with Gasteiger partial charge in [-0.1, -0.05) is 19.3 Å². The fraction of sp³-hybridized carbons (Fsp3) is 0.762. The molecule has 1 saturated heterocycles. The van der Waals surface area contributed by atoms with Gasteiger partial charge in [0.15, 0.2) is 0 Å². The number of hydrogen-bond donors (Lipinski definition) is 3. The van der Waals surface area contributed by atoms with Crippen LogP contribution in [-0.2, 0) is 4.79 Å². The third kappa shape index (κ3) is 5.13. The minimum Gasteiger partial charge on any atom is -0.353 e. The molecule has 3 fully saturated rings. The maximum absolute atomic E-state index is 12.6. The van der Waals surface area contributed by atoms with E-state index in [9.17, 15) is 9.59 Å². The van der Waals surface area contributed by atoms with E-state index >= 15 is 0 Å². The van der Waals surface area contributed by atoms with Crippen molar-refractivity contribution < 1.29 is 9.59 Å². The summed E-state index contributed by atoms with van der Waals surface area (Å²) >= 11 is 0. The number of carbonyl (C=O) groups excluding carboxylic acids is 2. The lowest BCUT2D eigenvalue weighted by molar-refractivity contribution is -0.123. The van der Waals surface area contributed by atoms with Crippen LogP contribution in [0, 0.1) is 5.92 Å². The van der Waals surface area contributed by atoms with Crippen molar-refractivity contribution in [3.8, 4) is 0 Å². The number of aromatic nitrogens is 2. The molecule has 3 N–H and O–H groups in total. The minimum atomic E-state index is -0.109. The van der Waals surface area contributed by atoms with E-state index in [2.05, 4.69) is 25.7 Å². The predicted molar refractivity (Wildman–Crippen MR) is 107 cm³/mol. The topological polar surface area (TPSA) is 90.1 Å². The SMILES string of the molecule is O=C(C[C@H]1CC[C@@H](CNC(=O)c2ccn[nH]2)N1CC1CC1)NC1CCCCC1. The Bertz CT molecular complexity index is 652.